The molecule has 9 heteroatoms. The maximum absolute atomic E-state index is 12.8. The number of anilines is 1. The molecule has 1 fully saturated rings. The molecule has 0 spiro atoms. The number of fused-ring (bicyclic) bond motifs is 1. The fourth-order valence-corrected chi connectivity index (χ4v) is 6.59. The van der Waals surface area contributed by atoms with Crippen LogP contribution in [0.25, 0.3) is 22.2 Å². The quantitative estimate of drug-likeness (QED) is 0.214. The first-order valence-corrected chi connectivity index (χ1v) is 15.2. The van der Waals surface area contributed by atoms with Gasteiger partial charge in [-0.15, -0.1) is 0 Å². The second-order valence-electron chi connectivity index (χ2n) is 10.5. The average molecular weight is 569 g/mol. The van der Waals surface area contributed by atoms with E-state index in [-0.39, 0.29) is 17.0 Å². The van der Waals surface area contributed by atoms with E-state index >= 15 is 0 Å². The Labute approximate surface area is 239 Å². The van der Waals surface area contributed by atoms with Gasteiger partial charge in [-0.25, -0.2) is 9.97 Å². The lowest BCUT2D eigenvalue weighted by Crippen LogP contribution is -2.26. The molecular weight excluding hydrogens is 536 g/mol. The van der Waals surface area contributed by atoms with E-state index in [2.05, 4.69) is 20.7 Å². The summed E-state index contributed by atoms with van der Waals surface area (Å²) in [5.74, 6) is 1.18. The van der Waals surface area contributed by atoms with Crippen molar-refractivity contribution in [2.75, 3.05) is 5.73 Å². The Kier molecular flexibility index (Phi) is 7.47. The Bertz CT molecular complexity index is 1760. The fraction of sp³-hybridized carbons (Fsp3) is 0.250. The molecule has 2 N–H and O–H groups in total. The van der Waals surface area contributed by atoms with E-state index in [1.54, 1.807) is 24.3 Å². The molecular formula is C32H32N4O4S. The maximum Gasteiger partial charge on any atom is 0.297 e. The highest BCUT2D eigenvalue weighted by Crippen LogP contribution is 2.39. The summed E-state index contributed by atoms with van der Waals surface area (Å²) in [6, 6.07) is 24.9. The van der Waals surface area contributed by atoms with Gasteiger partial charge < -0.3 is 15.0 Å². The van der Waals surface area contributed by atoms with Crippen LogP contribution in [0.15, 0.2) is 96.3 Å². The number of nitrogens with two attached hydrogens (primary N) is 1. The predicted molar refractivity (Wildman–Crippen MR) is 159 cm³/mol. The third-order valence-electron chi connectivity index (χ3n) is 7.64. The molecule has 2 aromatic heterocycles. The van der Waals surface area contributed by atoms with Crippen molar-refractivity contribution in [3.63, 3.8) is 0 Å². The van der Waals surface area contributed by atoms with Crippen LogP contribution < -0.4 is 10.5 Å². The molecule has 41 heavy (non-hydrogen) atoms. The standard InChI is InChI=1S/C32H32N4O4S/c1-22-10-16-28(17-11-22)41(37,38)40-26-14-12-25(13-15-26)36-19-29(30-31(33)34-21-35-32(30)36)24-8-5-9-27(18-24)39-20-23-6-3-2-4-7-23/h2-11,16-19,21,25-26H,12-15,20H2,1H3,(H2,33,34,35)/t25-,26-. The zero-order valence-electron chi connectivity index (χ0n) is 22.8. The second-order valence-corrected chi connectivity index (χ2v) is 12.1. The van der Waals surface area contributed by atoms with Crippen LogP contribution in [0.5, 0.6) is 5.75 Å². The minimum atomic E-state index is -3.81. The van der Waals surface area contributed by atoms with E-state index in [4.69, 9.17) is 14.7 Å². The average Bonchev–Trinajstić information content (AvgIpc) is 3.38. The fourth-order valence-electron chi connectivity index (χ4n) is 5.46. The van der Waals surface area contributed by atoms with Crippen LogP contribution in [0.3, 0.4) is 0 Å². The summed E-state index contributed by atoms with van der Waals surface area (Å²) in [6.45, 7) is 2.40. The highest BCUT2D eigenvalue weighted by Gasteiger charge is 2.29. The molecule has 8 nitrogen and oxygen atoms in total. The van der Waals surface area contributed by atoms with E-state index in [0.717, 1.165) is 51.9 Å². The first-order valence-electron chi connectivity index (χ1n) is 13.8. The number of aromatic nitrogens is 3. The molecule has 1 saturated carbocycles. The van der Waals surface area contributed by atoms with Crippen LogP contribution >= 0.6 is 0 Å². The lowest BCUT2D eigenvalue weighted by molar-refractivity contribution is 0.140. The monoisotopic (exact) mass is 568 g/mol. The summed E-state index contributed by atoms with van der Waals surface area (Å²) in [4.78, 5) is 9.06. The van der Waals surface area contributed by atoms with Crippen molar-refractivity contribution in [3.8, 4) is 16.9 Å². The molecule has 210 valence electrons. The van der Waals surface area contributed by atoms with Gasteiger partial charge in [0.2, 0.25) is 0 Å². The van der Waals surface area contributed by atoms with Crippen LogP contribution in [0.4, 0.5) is 5.82 Å². The molecule has 0 unspecified atom stereocenters. The molecule has 2 heterocycles. The second kappa shape index (κ2) is 11.3. The first kappa shape index (κ1) is 27.0. The Morgan fingerprint density at radius 2 is 1.68 bits per heavy atom. The van der Waals surface area contributed by atoms with E-state index in [1.807, 2.05) is 61.5 Å². The minimum Gasteiger partial charge on any atom is -0.489 e. The van der Waals surface area contributed by atoms with Crippen LogP contribution in [-0.4, -0.2) is 29.1 Å². The zero-order valence-corrected chi connectivity index (χ0v) is 23.6. The Morgan fingerprint density at radius 3 is 2.44 bits per heavy atom. The van der Waals surface area contributed by atoms with Crippen molar-refractivity contribution in [2.24, 2.45) is 0 Å². The Morgan fingerprint density at radius 1 is 0.927 bits per heavy atom. The molecule has 0 bridgehead atoms. The van der Waals surface area contributed by atoms with Gasteiger partial charge in [0.1, 0.15) is 30.1 Å². The summed E-state index contributed by atoms with van der Waals surface area (Å²) in [7, 11) is -3.81. The largest absolute Gasteiger partial charge is 0.489 e. The Balaban J connectivity index is 1.21. The number of ether oxygens (including phenoxy) is 1. The van der Waals surface area contributed by atoms with Crippen LogP contribution in [0.1, 0.15) is 42.9 Å². The summed E-state index contributed by atoms with van der Waals surface area (Å²) in [5, 5.41) is 0.799. The van der Waals surface area contributed by atoms with Gasteiger partial charge in [-0.2, -0.15) is 8.42 Å². The number of benzene rings is 3. The highest BCUT2D eigenvalue weighted by molar-refractivity contribution is 7.86. The van der Waals surface area contributed by atoms with Crippen molar-refractivity contribution >= 4 is 27.0 Å². The summed E-state index contributed by atoms with van der Waals surface area (Å²) >= 11 is 0. The van der Waals surface area contributed by atoms with Crippen molar-refractivity contribution in [3.05, 3.63) is 103 Å². The Hall–Kier alpha value is -4.21. The van der Waals surface area contributed by atoms with Gasteiger partial charge in [0.15, 0.2) is 0 Å². The number of hydrogen-bond acceptors (Lipinski definition) is 7. The van der Waals surface area contributed by atoms with Gasteiger partial charge >= 0.3 is 0 Å². The third-order valence-corrected chi connectivity index (χ3v) is 9.02. The lowest BCUT2D eigenvalue weighted by atomic mass is 9.93. The van der Waals surface area contributed by atoms with E-state index in [0.29, 0.717) is 25.3 Å². The van der Waals surface area contributed by atoms with Crippen LogP contribution in [-0.2, 0) is 20.9 Å². The van der Waals surface area contributed by atoms with Gasteiger partial charge in [-0.3, -0.25) is 4.18 Å². The number of rotatable bonds is 8. The van der Waals surface area contributed by atoms with E-state index < -0.39 is 10.1 Å². The maximum atomic E-state index is 12.8. The van der Waals surface area contributed by atoms with E-state index in [9.17, 15) is 8.42 Å². The molecule has 0 saturated heterocycles. The van der Waals surface area contributed by atoms with Gasteiger partial charge in [0, 0.05) is 17.8 Å². The van der Waals surface area contributed by atoms with Crippen molar-refractivity contribution in [1.29, 1.82) is 0 Å². The molecule has 0 aliphatic heterocycles. The predicted octanol–water partition coefficient (Wildman–Crippen LogP) is 6.46. The smallest absolute Gasteiger partial charge is 0.297 e. The summed E-state index contributed by atoms with van der Waals surface area (Å²) in [5.41, 5.74) is 11.1. The molecule has 0 radical (unpaired) electrons. The number of nitrogen functional groups attached to an aromatic ring is 1. The van der Waals surface area contributed by atoms with Gasteiger partial charge in [0.05, 0.1) is 16.4 Å². The molecule has 6 rings (SSSR count). The van der Waals surface area contributed by atoms with Crippen molar-refractivity contribution in [1.82, 2.24) is 14.5 Å². The number of nitrogens with zero attached hydrogens (tertiary/aromatic N) is 3. The normalized spacial score (nSPS) is 17.5. The molecule has 3 aromatic carbocycles. The van der Waals surface area contributed by atoms with Crippen molar-refractivity contribution < 1.29 is 17.3 Å². The minimum absolute atomic E-state index is 0.125. The molecule has 1 aliphatic rings. The van der Waals surface area contributed by atoms with Crippen molar-refractivity contribution in [2.45, 2.75) is 56.3 Å². The van der Waals surface area contributed by atoms with Gasteiger partial charge in [-0.1, -0.05) is 60.2 Å². The SMILES string of the molecule is Cc1ccc(S(=O)(=O)O[C@H]2CC[C@H](n3cc(-c4cccc(OCc5ccccc5)c4)c4c(N)ncnc43)CC2)cc1. The van der Waals surface area contributed by atoms with E-state index in [1.165, 1.54) is 6.33 Å². The highest BCUT2D eigenvalue weighted by atomic mass is 32.2. The van der Waals surface area contributed by atoms with Gasteiger partial charge in [0.25, 0.3) is 10.1 Å². The molecule has 0 amide bonds. The lowest BCUT2D eigenvalue weighted by Gasteiger charge is -2.29. The molecule has 5 aromatic rings. The third kappa shape index (κ3) is 5.82. The molecule has 1 aliphatic carbocycles. The van der Waals surface area contributed by atoms with Gasteiger partial charge in [-0.05, 0) is 68.0 Å². The summed E-state index contributed by atoms with van der Waals surface area (Å²) < 4.78 is 39.5. The molecule has 0 atom stereocenters. The zero-order chi connectivity index (χ0) is 28.4. The number of aryl methyl sites for hydroxylation is 1. The topological polar surface area (TPSA) is 109 Å². The summed E-state index contributed by atoms with van der Waals surface area (Å²) in [6.07, 6.45) is 5.95. The number of hydrogen-bond donors (Lipinski definition) is 1. The van der Waals surface area contributed by atoms with Crippen LogP contribution in [0, 0.1) is 6.92 Å². The van der Waals surface area contributed by atoms with Crippen LogP contribution in [0.2, 0.25) is 0 Å². The first-order chi connectivity index (χ1) is 19.9.